The predicted octanol–water partition coefficient (Wildman–Crippen LogP) is 4.16. The summed E-state index contributed by atoms with van der Waals surface area (Å²) in [6.07, 6.45) is 5.25. The van der Waals surface area contributed by atoms with E-state index in [1.54, 1.807) is 12.4 Å². The molecular weight excluding hydrogens is 374 g/mol. The van der Waals surface area contributed by atoms with E-state index >= 15 is 0 Å². The van der Waals surface area contributed by atoms with Gasteiger partial charge < -0.3 is 4.90 Å². The molecule has 1 aliphatic rings. The van der Waals surface area contributed by atoms with Crippen molar-refractivity contribution in [2.24, 2.45) is 0 Å². The van der Waals surface area contributed by atoms with Crippen LogP contribution in [0.3, 0.4) is 0 Å². The number of hydrogen-bond donors (Lipinski definition) is 1. The Labute approximate surface area is 169 Å². The molecule has 3 heterocycles. The van der Waals surface area contributed by atoms with E-state index in [0.29, 0.717) is 17.4 Å². The highest BCUT2D eigenvalue weighted by molar-refractivity contribution is 6.30. The topological polar surface area (TPSA) is 74.8 Å². The van der Waals surface area contributed by atoms with Crippen LogP contribution in [0.2, 0.25) is 5.02 Å². The number of carbonyl (C=O) groups is 1. The molecule has 0 bridgehead atoms. The second-order valence-corrected chi connectivity index (χ2v) is 8.01. The molecule has 144 valence electrons. The lowest BCUT2D eigenvalue weighted by atomic mass is 9.83. The van der Waals surface area contributed by atoms with Gasteiger partial charge in [-0.25, -0.2) is 4.98 Å². The maximum absolute atomic E-state index is 13.4. The van der Waals surface area contributed by atoms with Gasteiger partial charge in [-0.2, -0.15) is 5.10 Å². The Morgan fingerprint density at radius 1 is 1.25 bits per heavy atom. The van der Waals surface area contributed by atoms with Crippen molar-refractivity contribution in [2.45, 2.75) is 38.1 Å². The largest absolute Gasteiger partial charge is 0.332 e. The molecule has 4 rings (SSSR count). The maximum atomic E-state index is 13.4. The van der Waals surface area contributed by atoms with Gasteiger partial charge in [0.05, 0.1) is 11.5 Å². The maximum Gasteiger partial charge on any atom is 0.233 e. The molecule has 3 aromatic rings. The number of aromatic nitrogens is 4. The van der Waals surface area contributed by atoms with Crippen LogP contribution >= 0.6 is 11.6 Å². The Bertz CT molecular complexity index is 968. The summed E-state index contributed by atoms with van der Waals surface area (Å²) in [6, 6.07) is 11.2. The van der Waals surface area contributed by atoms with E-state index < -0.39 is 5.41 Å². The third-order valence-electron chi connectivity index (χ3n) is 5.35. The standard InChI is InChI=1S/C21H22ClN5O/c1-21(2,15-7-9-16(22)10-8-15)20(28)27-12-4-6-17(27)19-24-18(25-26-19)14-5-3-11-23-13-14/h3,5,7-11,13,17H,4,6,12H2,1-2H3,(H,24,25,26). The van der Waals surface area contributed by atoms with E-state index in [1.807, 2.05) is 55.1 Å². The molecule has 0 saturated carbocycles. The third kappa shape index (κ3) is 3.40. The quantitative estimate of drug-likeness (QED) is 0.719. The molecule has 28 heavy (non-hydrogen) atoms. The van der Waals surface area contributed by atoms with Crippen molar-refractivity contribution >= 4 is 17.5 Å². The number of nitrogens with zero attached hydrogens (tertiary/aromatic N) is 4. The fourth-order valence-electron chi connectivity index (χ4n) is 3.69. The van der Waals surface area contributed by atoms with Gasteiger partial charge >= 0.3 is 0 Å². The zero-order chi connectivity index (χ0) is 19.7. The Morgan fingerprint density at radius 2 is 2.04 bits per heavy atom. The van der Waals surface area contributed by atoms with Gasteiger partial charge in [0.15, 0.2) is 5.82 Å². The summed E-state index contributed by atoms with van der Waals surface area (Å²) < 4.78 is 0. The van der Waals surface area contributed by atoms with Crippen LogP contribution in [0, 0.1) is 0 Å². The second kappa shape index (κ2) is 7.36. The summed E-state index contributed by atoms with van der Waals surface area (Å²) >= 11 is 6.01. The normalized spacial score (nSPS) is 17.1. The van der Waals surface area contributed by atoms with Crippen LogP contribution in [-0.4, -0.2) is 37.5 Å². The number of amides is 1. The highest BCUT2D eigenvalue weighted by Crippen LogP contribution is 2.36. The monoisotopic (exact) mass is 395 g/mol. The van der Waals surface area contributed by atoms with E-state index in [-0.39, 0.29) is 11.9 Å². The third-order valence-corrected chi connectivity index (χ3v) is 5.60. The molecule has 7 heteroatoms. The fraction of sp³-hybridized carbons (Fsp3) is 0.333. The summed E-state index contributed by atoms with van der Waals surface area (Å²) in [6.45, 7) is 4.62. The molecule has 0 aliphatic carbocycles. The minimum absolute atomic E-state index is 0.0802. The second-order valence-electron chi connectivity index (χ2n) is 7.57. The van der Waals surface area contributed by atoms with Crippen LogP contribution in [0.25, 0.3) is 11.4 Å². The van der Waals surface area contributed by atoms with Gasteiger partial charge in [0.2, 0.25) is 5.91 Å². The smallest absolute Gasteiger partial charge is 0.233 e. The summed E-state index contributed by atoms with van der Waals surface area (Å²) in [4.78, 5) is 24.1. The van der Waals surface area contributed by atoms with Gasteiger partial charge in [0.25, 0.3) is 0 Å². The Morgan fingerprint density at radius 3 is 2.75 bits per heavy atom. The lowest BCUT2D eigenvalue weighted by Gasteiger charge is -2.32. The zero-order valence-corrected chi connectivity index (χ0v) is 16.6. The van der Waals surface area contributed by atoms with Gasteiger partial charge in [0, 0.05) is 29.5 Å². The number of carbonyl (C=O) groups excluding carboxylic acids is 1. The van der Waals surface area contributed by atoms with E-state index in [2.05, 4.69) is 20.2 Å². The van der Waals surface area contributed by atoms with Crippen molar-refractivity contribution < 1.29 is 4.79 Å². The number of benzene rings is 1. The molecule has 1 aromatic carbocycles. The first-order valence-corrected chi connectivity index (χ1v) is 9.74. The molecule has 1 N–H and O–H groups in total. The van der Waals surface area contributed by atoms with Crippen LogP contribution in [0.15, 0.2) is 48.8 Å². The van der Waals surface area contributed by atoms with E-state index in [0.717, 1.165) is 29.8 Å². The summed E-state index contributed by atoms with van der Waals surface area (Å²) in [7, 11) is 0. The molecule has 0 radical (unpaired) electrons. The van der Waals surface area contributed by atoms with Gasteiger partial charge in [-0.3, -0.25) is 14.9 Å². The van der Waals surface area contributed by atoms with E-state index in [4.69, 9.17) is 11.6 Å². The van der Waals surface area contributed by atoms with Crippen molar-refractivity contribution in [3.05, 3.63) is 65.2 Å². The number of nitrogens with one attached hydrogen (secondary N) is 1. The fourth-order valence-corrected chi connectivity index (χ4v) is 3.82. The molecule has 1 aliphatic heterocycles. The molecule has 1 unspecified atom stereocenters. The predicted molar refractivity (Wildman–Crippen MR) is 108 cm³/mol. The number of halogens is 1. The first kappa shape index (κ1) is 18.6. The van der Waals surface area contributed by atoms with E-state index in [1.165, 1.54) is 0 Å². The van der Waals surface area contributed by atoms with E-state index in [9.17, 15) is 4.79 Å². The highest BCUT2D eigenvalue weighted by Gasteiger charge is 2.40. The molecule has 1 atom stereocenters. The Hall–Kier alpha value is -2.73. The van der Waals surface area contributed by atoms with Crippen molar-refractivity contribution in [3.63, 3.8) is 0 Å². The number of rotatable bonds is 4. The first-order valence-electron chi connectivity index (χ1n) is 9.36. The number of likely N-dealkylation sites (tertiary alicyclic amines) is 1. The molecule has 2 aromatic heterocycles. The summed E-state index contributed by atoms with van der Waals surface area (Å²) in [5.74, 6) is 1.40. The molecular formula is C21H22ClN5O. The van der Waals surface area contributed by atoms with Crippen LogP contribution in [0.4, 0.5) is 0 Å². The van der Waals surface area contributed by atoms with Gasteiger partial charge in [-0.15, -0.1) is 0 Å². The number of aromatic amines is 1. The van der Waals surface area contributed by atoms with Gasteiger partial charge in [0.1, 0.15) is 5.82 Å². The van der Waals surface area contributed by atoms with Gasteiger partial charge in [-0.05, 0) is 56.5 Å². The number of hydrogen-bond acceptors (Lipinski definition) is 4. The molecule has 1 amide bonds. The highest BCUT2D eigenvalue weighted by atomic mass is 35.5. The lowest BCUT2D eigenvalue weighted by molar-refractivity contribution is -0.137. The van der Waals surface area contributed by atoms with Crippen molar-refractivity contribution in [2.75, 3.05) is 6.54 Å². The van der Waals surface area contributed by atoms with Crippen molar-refractivity contribution in [1.82, 2.24) is 25.1 Å². The minimum atomic E-state index is -0.653. The SMILES string of the molecule is CC(C)(C(=O)N1CCCC1c1nc(-c2cccnc2)n[nH]1)c1ccc(Cl)cc1. The lowest BCUT2D eigenvalue weighted by Crippen LogP contribution is -2.43. The summed E-state index contributed by atoms with van der Waals surface area (Å²) in [5, 5.41) is 8.02. The molecule has 1 saturated heterocycles. The first-order chi connectivity index (χ1) is 13.5. The zero-order valence-electron chi connectivity index (χ0n) is 15.9. The molecule has 0 spiro atoms. The van der Waals surface area contributed by atoms with Crippen molar-refractivity contribution in [3.8, 4) is 11.4 Å². The van der Waals surface area contributed by atoms with Gasteiger partial charge in [-0.1, -0.05) is 23.7 Å². The van der Waals surface area contributed by atoms with Crippen LogP contribution in [-0.2, 0) is 10.2 Å². The average Bonchev–Trinajstić information content (AvgIpc) is 3.38. The average molecular weight is 396 g/mol. The minimum Gasteiger partial charge on any atom is -0.332 e. The Kier molecular flexibility index (Phi) is 4.89. The number of pyridine rings is 1. The van der Waals surface area contributed by atoms with Crippen molar-refractivity contribution in [1.29, 1.82) is 0 Å². The molecule has 1 fully saturated rings. The van der Waals surface area contributed by atoms with Crippen LogP contribution < -0.4 is 0 Å². The molecule has 6 nitrogen and oxygen atoms in total. The Balaban J connectivity index is 1.59. The van der Waals surface area contributed by atoms with Crippen LogP contribution in [0.5, 0.6) is 0 Å². The van der Waals surface area contributed by atoms with Crippen LogP contribution in [0.1, 0.15) is 44.1 Å². The number of H-pyrrole nitrogens is 1. The summed E-state index contributed by atoms with van der Waals surface area (Å²) in [5.41, 5.74) is 1.14.